The van der Waals surface area contributed by atoms with E-state index >= 15 is 0 Å². The van der Waals surface area contributed by atoms with Crippen LogP contribution in [0.1, 0.15) is 0 Å². The number of aryl methyl sites for hydroxylation is 1. The van der Waals surface area contributed by atoms with Gasteiger partial charge in [0.25, 0.3) is 0 Å². The summed E-state index contributed by atoms with van der Waals surface area (Å²) in [6.45, 7) is 0.0840. The SMILES string of the molecule is Cn1ccn(-c2ccc(-c3cc(F)cc(-c4ccnc(N5C[C@@H](O)[C@H](F)C5)c4)c3O)cc2Cl)c1=O. The standard InChI is InChI=1S/C25H21ClF2N4O3/c1-30-6-7-32(25(30)35)21-3-2-14(8-19(21)26)17-10-16(27)11-18(24(17)34)15-4-5-29-23(9-15)31-12-20(28)22(33)13-31/h2-11,20,22,33-34H,12-13H2,1H3/t20-,22-/m1/s1. The molecule has 2 aromatic carbocycles. The third-order valence-electron chi connectivity index (χ3n) is 6.14. The Morgan fingerprint density at radius 2 is 1.77 bits per heavy atom. The van der Waals surface area contributed by atoms with E-state index in [1.165, 1.54) is 27.5 Å². The molecular weight excluding hydrogens is 478 g/mol. The highest BCUT2D eigenvalue weighted by Crippen LogP contribution is 2.41. The summed E-state index contributed by atoms with van der Waals surface area (Å²) in [7, 11) is 1.62. The molecule has 10 heteroatoms. The molecule has 7 nitrogen and oxygen atoms in total. The summed E-state index contributed by atoms with van der Waals surface area (Å²) >= 11 is 6.45. The first-order valence-corrected chi connectivity index (χ1v) is 11.2. The van der Waals surface area contributed by atoms with E-state index in [1.807, 2.05) is 0 Å². The van der Waals surface area contributed by atoms with Gasteiger partial charge in [-0.3, -0.25) is 4.57 Å². The van der Waals surface area contributed by atoms with Crippen LogP contribution in [0, 0.1) is 5.82 Å². The largest absolute Gasteiger partial charge is 0.507 e. The molecule has 1 aliphatic rings. The molecule has 2 N–H and O–H groups in total. The number of alkyl halides is 1. The van der Waals surface area contributed by atoms with Gasteiger partial charge in [-0.15, -0.1) is 0 Å². The number of halogens is 3. The fraction of sp³-hybridized carbons (Fsp3) is 0.200. The Kier molecular flexibility index (Phi) is 5.82. The molecule has 0 bridgehead atoms. The zero-order valence-corrected chi connectivity index (χ0v) is 19.3. The number of hydrogen-bond acceptors (Lipinski definition) is 5. The average molecular weight is 499 g/mol. The topological polar surface area (TPSA) is 83.5 Å². The van der Waals surface area contributed by atoms with Gasteiger partial charge in [-0.25, -0.2) is 18.6 Å². The van der Waals surface area contributed by atoms with E-state index in [9.17, 15) is 23.8 Å². The molecule has 5 rings (SSSR count). The first-order chi connectivity index (χ1) is 16.7. The number of phenols is 1. The van der Waals surface area contributed by atoms with Gasteiger partial charge in [-0.2, -0.15) is 0 Å². The van der Waals surface area contributed by atoms with Gasteiger partial charge in [0, 0.05) is 43.3 Å². The molecular formula is C25H21ClF2N4O3. The van der Waals surface area contributed by atoms with Crippen molar-refractivity contribution in [2.24, 2.45) is 7.05 Å². The van der Waals surface area contributed by atoms with Crippen LogP contribution in [0.2, 0.25) is 5.02 Å². The van der Waals surface area contributed by atoms with Crippen molar-refractivity contribution in [3.05, 3.63) is 82.4 Å². The number of aliphatic hydroxyl groups excluding tert-OH is 1. The predicted molar refractivity (Wildman–Crippen MR) is 129 cm³/mol. The zero-order valence-electron chi connectivity index (χ0n) is 18.6. The summed E-state index contributed by atoms with van der Waals surface area (Å²) in [5.74, 6) is -0.340. The quantitative estimate of drug-likeness (QED) is 0.445. The fourth-order valence-corrected chi connectivity index (χ4v) is 4.52. The van der Waals surface area contributed by atoms with Crippen molar-refractivity contribution in [1.29, 1.82) is 0 Å². The maximum atomic E-state index is 14.7. The number of hydrogen-bond donors (Lipinski definition) is 2. The number of imidazole rings is 1. The van der Waals surface area contributed by atoms with Crippen molar-refractivity contribution in [2.45, 2.75) is 12.3 Å². The van der Waals surface area contributed by atoms with Gasteiger partial charge in [0.1, 0.15) is 29.7 Å². The number of aromatic nitrogens is 3. The minimum Gasteiger partial charge on any atom is -0.507 e. The number of β-amino-alcohol motifs (C(OH)–C–C–N with tert-alkyl or cyclic N) is 1. The third kappa shape index (κ3) is 4.17. The van der Waals surface area contributed by atoms with Crippen LogP contribution >= 0.6 is 11.6 Å². The lowest BCUT2D eigenvalue weighted by Crippen LogP contribution is -2.22. The van der Waals surface area contributed by atoms with Crippen molar-refractivity contribution in [2.75, 3.05) is 18.0 Å². The molecule has 1 saturated heterocycles. The summed E-state index contributed by atoms with van der Waals surface area (Å²) in [6.07, 6.45) is 2.20. The molecule has 1 aliphatic heterocycles. The van der Waals surface area contributed by atoms with Crippen molar-refractivity contribution in [3.8, 4) is 33.7 Å². The first kappa shape index (κ1) is 23.1. The molecule has 0 amide bonds. The molecule has 35 heavy (non-hydrogen) atoms. The number of pyridine rings is 1. The maximum Gasteiger partial charge on any atom is 0.332 e. The van der Waals surface area contributed by atoms with E-state index < -0.39 is 18.1 Å². The van der Waals surface area contributed by atoms with Crippen LogP contribution in [0.4, 0.5) is 14.6 Å². The van der Waals surface area contributed by atoms with Crippen molar-refractivity contribution < 1.29 is 19.0 Å². The highest BCUT2D eigenvalue weighted by atomic mass is 35.5. The Balaban J connectivity index is 1.54. The number of benzene rings is 2. The van der Waals surface area contributed by atoms with Crippen LogP contribution in [-0.4, -0.2) is 49.7 Å². The third-order valence-corrected chi connectivity index (χ3v) is 6.44. The molecule has 4 aromatic rings. The van der Waals surface area contributed by atoms with Crippen molar-refractivity contribution in [3.63, 3.8) is 0 Å². The van der Waals surface area contributed by atoms with Gasteiger partial charge in [0.15, 0.2) is 0 Å². The summed E-state index contributed by atoms with van der Waals surface area (Å²) in [5.41, 5.74) is 1.55. The molecule has 2 atom stereocenters. The molecule has 2 aromatic heterocycles. The predicted octanol–water partition coefficient (Wildman–Crippen LogP) is 3.92. The van der Waals surface area contributed by atoms with Crippen LogP contribution in [0.15, 0.2) is 65.8 Å². The van der Waals surface area contributed by atoms with Gasteiger partial charge in [0.2, 0.25) is 0 Å². The van der Waals surface area contributed by atoms with E-state index in [2.05, 4.69) is 4.98 Å². The van der Waals surface area contributed by atoms with Gasteiger partial charge in [-0.1, -0.05) is 17.7 Å². The highest BCUT2D eigenvalue weighted by molar-refractivity contribution is 6.32. The number of aromatic hydroxyl groups is 1. The normalized spacial score (nSPS) is 17.8. The average Bonchev–Trinajstić information content (AvgIpc) is 3.35. The van der Waals surface area contributed by atoms with Gasteiger partial charge >= 0.3 is 5.69 Å². The molecule has 0 unspecified atom stereocenters. The number of phenolic OH excluding ortho intramolecular Hbond substituents is 1. The van der Waals surface area contributed by atoms with Crippen LogP contribution < -0.4 is 10.6 Å². The summed E-state index contributed by atoms with van der Waals surface area (Å²) in [6, 6.07) is 10.4. The maximum absolute atomic E-state index is 14.7. The number of anilines is 1. The second-order valence-corrected chi connectivity index (χ2v) is 8.88. The molecule has 180 valence electrons. The molecule has 0 saturated carbocycles. The highest BCUT2D eigenvalue weighted by Gasteiger charge is 2.32. The second-order valence-electron chi connectivity index (χ2n) is 8.47. The van der Waals surface area contributed by atoms with E-state index in [1.54, 1.807) is 54.7 Å². The minimum absolute atomic E-state index is 0.00660. The zero-order chi connectivity index (χ0) is 24.9. The number of aliphatic hydroxyl groups is 1. The fourth-order valence-electron chi connectivity index (χ4n) is 4.25. The smallest absolute Gasteiger partial charge is 0.332 e. The second kappa shape index (κ2) is 8.83. The van der Waals surface area contributed by atoms with Gasteiger partial charge in [-0.05, 0) is 47.5 Å². The van der Waals surface area contributed by atoms with Crippen LogP contribution in [0.3, 0.4) is 0 Å². The molecule has 1 fully saturated rings. The van der Waals surface area contributed by atoms with E-state index in [-0.39, 0.29) is 40.7 Å². The van der Waals surface area contributed by atoms with E-state index in [4.69, 9.17) is 11.6 Å². The molecule has 0 radical (unpaired) electrons. The summed E-state index contributed by atoms with van der Waals surface area (Å²) < 4.78 is 31.3. The lowest BCUT2D eigenvalue weighted by molar-refractivity contribution is 0.118. The Morgan fingerprint density at radius 1 is 1.06 bits per heavy atom. The number of nitrogens with zero attached hydrogens (tertiary/aromatic N) is 4. The van der Waals surface area contributed by atoms with Crippen molar-refractivity contribution >= 4 is 17.4 Å². The van der Waals surface area contributed by atoms with E-state index in [0.717, 1.165) is 0 Å². The lowest BCUT2D eigenvalue weighted by atomic mass is 9.97. The Hall–Kier alpha value is -3.69. The lowest BCUT2D eigenvalue weighted by Gasteiger charge is -2.18. The monoisotopic (exact) mass is 498 g/mol. The Bertz CT molecular complexity index is 1480. The van der Waals surface area contributed by atoms with Crippen LogP contribution in [0.25, 0.3) is 27.9 Å². The van der Waals surface area contributed by atoms with Crippen LogP contribution in [-0.2, 0) is 7.05 Å². The Morgan fingerprint density at radius 3 is 2.37 bits per heavy atom. The van der Waals surface area contributed by atoms with Gasteiger partial charge in [0.05, 0.1) is 17.3 Å². The van der Waals surface area contributed by atoms with Crippen molar-refractivity contribution in [1.82, 2.24) is 14.1 Å². The first-order valence-electron chi connectivity index (χ1n) is 10.8. The number of rotatable bonds is 4. The molecule has 3 heterocycles. The summed E-state index contributed by atoms with van der Waals surface area (Å²) in [5, 5.41) is 21.1. The van der Waals surface area contributed by atoms with Gasteiger partial charge < -0.3 is 19.7 Å². The van der Waals surface area contributed by atoms with Crippen LogP contribution in [0.5, 0.6) is 5.75 Å². The minimum atomic E-state index is -1.38. The Labute approximate surface area is 204 Å². The van der Waals surface area contributed by atoms with E-state index in [0.29, 0.717) is 22.6 Å². The molecule has 0 aliphatic carbocycles. The summed E-state index contributed by atoms with van der Waals surface area (Å²) in [4.78, 5) is 18.1. The molecule has 0 spiro atoms.